The third kappa shape index (κ3) is 5.29. The van der Waals surface area contributed by atoms with Gasteiger partial charge in [0.25, 0.3) is 0 Å². The van der Waals surface area contributed by atoms with Gasteiger partial charge in [-0.25, -0.2) is 0 Å². The summed E-state index contributed by atoms with van der Waals surface area (Å²) in [5.41, 5.74) is 8.12. The summed E-state index contributed by atoms with van der Waals surface area (Å²) in [5, 5.41) is 2.63. The molecule has 168 valence electrons. The first-order valence-electron chi connectivity index (χ1n) is 12.5. The normalized spacial score (nSPS) is 11.6. The van der Waals surface area contributed by atoms with E-state index < -0.39 is 0 Å². The van der Waals surface area contributed by atoms with Crippen LogP contribution in [0.4, 0.5) is 0 Å². The van der Waals surface area contributed by atoms with Crippen molar-refractivity contribution in [1.29, 1.82) is 0 Å². The number of hydrogen-bond donors (Lipinski definition) is 1. The van der Waals surface area contributed by atoms with E-state index in [0.717, 1.165) is 12.8 Å². The topological polar surface area (TPSA) is 15.8 Å². The second kappa shape index (κ2) is 11.2. The Morgan fingerprint density at radius 3 is 2.09 bits per heavy atom. The number of unbranched alkanes of at least 4 members (excludes halogenated alkanes) is 6. The van der Waals surface area contributed by atoms with E-state index in [2.05, 4.69) is 89.4 Å². The van der Waals surface area contributed by atoms with E-state index >= 15 is 0 Å². The first kappa shape index (κ1) is 23.1. The highest BCUT2D eigenvalue weighted by molar-refractivity contribution is 9.10. The number of nitrogens with one attached hydrogen (secondary N) is 1. The maximum Gasteiger partial charge on any atom is 0.0465 e. The van der Waals surface area contributed by atoms with Crippen LogP contribution in [0.1, 0.15) is 76.3 Å². The van der Waals surface area contributed by atoms with Gasteiger partial charge in [-0.15, -0.1) is 0 Å². The summed E-state index contributed by atoms with van der Waals surface area (Å²) in [6.07, 6.45) is 12.7. The number of rotatable bonds is 11. The van der Waals surface area contributed by atoms with Crippen molar-refractivity contribution in [3.05, 3.63) is 70.2 Å². The molecule has 4 rings (SSSR count). The Kier molecular flexibility index (Phi) is 8.08. The molecule has 0 radical (unpaired) electrons. The number of halogens is 1. The quantitative estimate of drug-likeness (QED) is 0.201. The molecule has 2 heteroatoms. The van der Waals surface area contributed by atoms with E-state index in [1.54, 1.807) is 0 Å². The van der Waals surface area contributed by atoms with Crippen molar-refractivity contribution in [2.45, 2.75) is 78.1 Å². The highest BCUT2D eigenvalue weighted by atomic mass is 79.9. The largest absolute Gasteiger partial charge is 0.355 e. The molecule has 0 atom stereocenters. The molecule has 1 N–H and O–H groups in total. The molecule has 0 aliphatic rings. The molecule has 0 aliphatic heterocycles. The molecule has 0 spiro atoms. The fourth-order valence-electron chi connectivity index (χ4n) is 4.83. The summed E-state index contributed by atoms with van der Waals surface area (Å²) in [5.74, 6) is 0. The standard InChI is InChI=1S/C30H36BrN/c1-3-5-7-9-13-22-21-28(31)24(14-10-8-6-4-2)20-26(22)23-17-18-30-27(19-23)25-15-11-12-16-29(25)32-30/h11-12,15-21,32H,3-10,13-14H2,1-2H3. The first-order valence-corrected chi connectivity index (χ1v) is 13.3. The molecule has 4 aromatic rings. The van der Waals surface area contributed by atoms with E-state index in [-0.39, 0.29) is 0 Å². The van der Waals surface area contributed by atoms with E-state index in [9.17, 15) is 0 Å². The van der Waals surface area contributed by atoms with Crippen LogP contribution in [0, 0.1) is 0 Å². The number of aryl methyl sites for hydroxylation is 2. The molecule has 0 saturated heterocycles. The lowest BCUT2D eigenvalue weighted by Gasteiger charge is -2.15. The van der Waals surface area contributed by atoms with Gasteiger partial charge in [0.05, 0.1) is 0 Å². The van der Waals surface area contributed by atoms with Crippen molar-refractivity contribution in [2.75, 3.05) is 0 Å². The van der Waals surface area contributed by atoms with Crippen molar-refractivity contribution < 1.29 is 0 Å². The second-order valence-electron chi connectivity index (χ2n) is 9.15. The van der Waals surface area contributed by atoms with Crippen molar-refractivity contribution in [3.8, 4) is 11.1 Å². The zero-order valence-corrected chi connectivity index (χ0v) is 21.2. The van der Waals surface area contributed by atoms with Crippen LogP contribution in [-0.2, 0) is 12.8 Å². The smallest absolute Gasteiger partial charge is 0.0465 e. The fourth-order valence-corrected chi connectivity index (χ4v) is 5.42. The van der Waals surface area contributed by atoms with E-state index in [4.69, 9.17) is 0 Å². The maximum atomic E-state index is 3.91. The van der Waals surface area contributed by atoms with E-state index in [1.165, 1.54) is 99.9 Å². The van der Waals surface area contributed by atoms with Crippen LogP contribution in [0.5, 0.6) is 0 Å². The van der Waals surface area contributed by atoms with Gasteiger partial charge in [-0.2, -0.15) is 0 Å². The number of aromatic nitrogens is 1. The Labute approximate surface area is 201 Å². The molecule has 32 heavy (non-hydrogen) atoms. The fraction of sp³-hybridized carbons (Fsp3) is 0.400. The Morgan fingerprint density at radius 2 is 1.34 bits per heavy atom. The Bertz CT molecular complexity index is 1170. The van der Waals surface area contributed by atoms with Crippen LogP contribution < -0.4 is 0 Å². The average molecular weight is 491 g/mol. The minimum Gasteiger partial charge on any atom is -0.355 e. The molecule has 1 heterocycles. The third-order valence-electron chi connectivity index (χ3n) is 6.69. The molecular formula is C30H36BrN. The highest BCUT2D eigenvalue weighted by Gasteiger charge is 2.13. The number of para-hydroxylation sites is 1. The number of aromatic amines is 1. The summed E-state index contributed by atoms with van der Waals surface area (Å²) >= 11 is 3.91. The predicted molar refractivity (Wildman–Crippen MR) is 145 cm³/mol. The monoisotopic (exact) mass is 489 g/mol. The molecule has 3 aromatic carbocycles. The SMILES string of the molecule is CCCCCCc1cc(-c2ccc3[nH]c4ccccc4c3c2)c(CCCCCC)cc1Br. The second-order valence-corrected chi connectivity index (χ2v) is 10.0. The van der Waals surface area contributed by atoms with Gasteiger partial charge < -0.3 is 4.98 Å². The average Bonchev–Trinajstić information content (AvgIpc) is 3.18. The van der Waals surface area contributed by atoms with Crippen molar-refractivity contribution in [3.63, 3.8) is 0 Å². The van der Waals surface area contributed by atoms with Crippen LogP contribution in [0.15, 0.2) is 59.1 Å². The van der Waals surface area contributed by atoms with Crippen molar-refractivity contribution in [2.24, 2.45) is 0 Å². The summed E-state index contributed by atoms with van der Waals surface area (Å²) in [6, 6.07) is 20.5. The minimum atomic E-state index is 1.15. The van der Waals surface area contributed by atoms with Crippen LogP contribution in [0.2, 0.25) is 0 Å². The number of fused-ring (bicyclic) bond motifs is 3. The van der Waals surface area contributed by atoms with Gasteiger partial charge in [-0.3, -0.25) is 0 Å². The Hall–Kier alpha value is -2.06. The third-order valence-corrected chi connectivity index (χ3v) is 7.43. The van der Waals surface area contributed by atoms with Crippen molar-refractivity contribution in [1.82, 2.24) is 4.98 Å². The Morgan fingerprint density at radius 1 is 0.656 bits per heavy atom. The van der Waals surface area contributed by atoms with Crippen LogP contribution in [0.25, 0.3) is 32.9 Å². The van der Waals surface area contributed by atoms with E-state index in [1.807, 2.05) is 0 Å². The van der Waals surface area contributed by atoms with Gasteiger partial charge in [0.15, 0.2) is 0 Å². The summed E-state index contributed by atoms with van der Waals surface area (Å²) < 4.78 is 1.29. The molecule has 0 fully saturated rings. The molecule has 0 saturated carbocycles. The van der Waals surface area contributed by atoms with Gasteiger partial charge in [0, 0.05) is 26.3 Å². The van der Waals surface area contributed by atoms with Gasteiger partial charge >= 0.3 is 0 Å². The van der Waals surface area contributed by atoms with Crippen LogP contribution in [0.3, 0.4) is 0 Å². The molecule has 1 nitrogen and oxygen atoms in total. The lowest BCUT2D eigenvalue weighted by Crippen LogP contribution is -1.96. The number of benzene rings is 3. The van der Waals surface area contributed by atoms with Gasteiger partial charge in [0.1, 0.15) is 0 Å². The Balaban J connectivity index is 1.72. The first-order chi connectivity index (χ1) is 15.7. The molecule has 0 bridgehead atoms. The lowest BCUT2D eigenvalue weighted by molar-refractivity contribution is 0.663. The maximum absolute atomic E-state index is 3.91. The lowest BCUT2D eigenvalue weighted by atomic mass is 9.91. The summed E-state index contributed by atoms with van der Waals surface area (Å²) in [7, 11) is 0. The zero-order valence-electron chi connectivity index (χ0n) is 19.6. The van der Waals surface area contributed by atoms with Gasteiger partial charge in [-0.05, 0) is 78.3 Å². The highest BCUT2D eigenvalue weighted by Crippen LogP contribution is 2.35. The number of hydrogen-bond acceptors (Lipinski definition) is 0. The van der Waals surface area contributed by atoms with Gasteiger partial charge in [-0.1, -0.05) is 92.6 Å². The number of H-pyrrole nitrogens is 1. The zero-order chi connectivity index (χ0) is 22.3. The summed E-state index contributed by atoms with van der Waals surface area (Å²) in [6.45, 7) is 4.56. The summed E-state index contributed by atoms with van der Waals surface area (Å²) in [4.78, 5) is 3.57. The van der Waals surface area contributed by atoms with E-state index in [0.29, 0.717) is 0 Å². The molecule has 0 unspecified atom stereocenters. The van der Waals surface area contributed by atoms with Crippen LogP contribution >= 0.6 is 15.9 Å². The van der Waals surface area contributed by atoms with Crippen LogP contribution in [-0.4, -0.2) is 4.98 Å². The molecular weight excluding hydrogens is 454 g/mol. The van der Waals surface area contributed by atoms with Gasteiger partial charge in [0.2, 0.25) is 0 Å². The molecule has 0 amide bonds. The molecule has 1 aromatic heterocycles. The van der Waals surface area contributed by atoms with Crippen molar-refractivity contribution >= 4 is 37.7 Å². The predicted octanol–water partition coefficient (Wildman–Crippen LogP) is 10.00. The molecule has 0 aliphatic carbocycles. The minimum absolute atomic E-state index is 1.15.